The Morgan fingerprint density at radius 3 is 2.68 bits per heavy atom. The molecule has 6 heteroatoms. The quantitative estimate of drug-likeness (QED) is 0.803. The molecular formula is C13H16ClN3O2. The van der Waals surface area contributed by atoms with Crippen molar-refractivity contribution in [3.05, 3.63) is 28.8 Å². The number of carbonyl (C=O) groups excluding carboxylic acids is 2. The molecule has 1 fully saturated rings. The van der Waals surface area contributed by atoms with Crippen molar-refractivity contribution < 1.29 is 9.59 Å². The molecule has 1 aromatic rings. The highest BCUT2D eigenvalue weighted by Crippen LogP contribution is 2.23. The molecule has 0 saturated carbocycles. The summed E-state index contributed by atoms with van der Waals surface area (Å²) in [5.74, 6) is -0.694. The molecule has 19 heavy (non-hydrogen) atoms. The first-order valence-corrected chi connectivity index (χ1v) is 6.54. The van der Waals surface area contributed by atoms with Gasteiger partial charge in [0, 0.05) is 12.1 Å². The molecule has 1 unspecified atom stereocenters. The lowest BCUT2D eigenvalue weighted by atomic mass is 10.0. The molecule has 4 N–H and O–H groups in total. The number of nitrogens with two attached hydrogens (primary N) is 2. The van der Waals surface area contributed by atoms with E-state index in [4.69, 9.17) is 23.1 Å². The van der Waals surface area contributed by atoms with Crippen LogP contribution in [0.1, 0.15) is 29.6 Å². The van der Waals surface area contributed by atoms with Gasteiger partial charge in [-0.05, 0) is 37.5 Å². The number of benzene rings is 1. The van der Waals surface area contributed by atoms with Gasteiger partial charge in [0.2, 0.25) is 5.91 Å². The third-order valence-electron chi connectivity index (χ3n) is 3.34. The van der Waals surface area contributed by atoms with Crippen LogP contribution < -0.4 is 11.5 Å². The van der Waals surface area contributed by atoms with Crippen molar-refractivity contribution in [2.75, 3.05) is 12.3 Å². The predicted molar refractivity (Wildman–Crippen MR) is 73.7 cm³/mol. The maximum Gasteiger partial charge on any atom is 0.254 e. The van der Waals surface area contributed by atoms with Gasteiger partial charge in [0.1, 0.15) is 6.04 Å². The van der Waals surface area contributed by atoms with Gasteiger partial charge in [-0.3, -0.25) is 9.59 Å². The van der Waals surface area contributed by atoms with Gasteiger partial charge in [0.15, 0.2) is 0 Å². The molecule has 0 aromatic heterocycles. The monoisotopic (exact) mass is 281 g/mol. The zero-order valence-corrected chi connectivity index (χ0v) is 11.2. The topological polar surface area (TPSA) is 89.4 Å². The summed E-state index contributed by atoms with van der Waals surface area (Å²) in [5, 5.41) is 0.332. The summed E-state index contributed by atoms with van der Waals surface area (Å²) in [5.41, 5.74) is 11.8. The Hall–Kier alpha value is -1.75. The lowest BCUT2D eigenvalue weighted by molar-refractivity contribution is -0.123. The number of likely N-dealkylation sites (tertiary alicyclic amines) is 1. The first kappa shape index (κ1) is 13.7. The molecule has 2 amide bonds. The fourth-order valence-electron chi connectivity index (χ4n) is 2.30. The van der Waals surface area contributed by atoms with E-state index in [9.17, 15) is 9.59 Å². The fourth-order valence-corrected chi connectivity index (χ4v) is 2.48. The Morgan fingerprint density at radius 2 is 2.05 bits per heavy atom. The number of amides is 2. The number of carbonyl (C=O) groups is 2. The van der Waals surface area contributed by atoms with Crippen molar-refractivity contribution in [2.24, 2.45) is 5.73 Å². The third-order valence-corrected chi connectivity index (χ3v) is 3.67. The summed E-state index contributed by atoms with van der Waals surface area (Å²) >= 11 is 5.91. The summed E-state index contributed by atoms with van der Waals surface area (Å²) in [7, 11) is 0. The smallest absolute Gasteiger partial charge is 0.254 e. The lowest BCUT2D eigenvalue weighted by Gasteiger charge is -2.33. The van der Waals surface area contributed by atoms with Gasteiger partial charge in [0.05, 0.1) is 10.7 Å². The zero-order valence-electron chi connectivity index (χ0n) is 10.4. The van der Waals surface area contributed by atoms with Crippen LogP contribution in [-0.2, 0) is 4.79 Å². The minimum atomic E-state index is -0.530. The van der Waals surface area contributed by atoms with Gasteiger partial charge in [0.25, 0.3) is 5.91 Å². The minimum Gasteiger partial charge on any atom is -0.398 e. The van der Waals surface area contributed by atoms with Crippen LogP contribution in [0.25, 0.3) is 0 Å². The highest BCUT2D eigenvalue weighted by molar-refractivity contribution is 6.33. The van der Waals surface area contributed by atoms with E-state index in [1.807, 2.05) is 0 Å². The lowest BCUT2D eigenvalue weighted by Crippen LogP contribution is -2.50. The zero-order chi connectivity index (χ0) is 14.0. The van der Waals surface area contributed by atoms with Crippen molar-refractivity contribution >= 4 is 29.1 Å². The normalized spacial score (nSPS) is 19.2. The van der Waals surface area contributed by atoms with Gasteiger partial charge >= 0.3 is 0 Å². The molecule has 102 valence electrons. The van der Waals surface area contributed by atoms with E-state index in [1.165, 1.54) is 11.0 Å². The molecule has 0 aliphatic carbocycles. The second kappa shape index (κ2) is 5.48. The molecule has 2 rings (SSSR count). The predicted octanol–water partition coefficient (Wildman–Crippen LogP) is 1.40. The van der Waals surface area contributed by atoms with E-state index < -0.39 is 11.9 Å². The molecule has 0 spiro atoms. The van der Waals surface area contributed by atoms with E-state index in [1.54, 1.807) is 12.1 Å². The third kappa shape index (κ3) is 2.81. The number of nitrogens with zero attached hydrogens (tertiary/aromatic N) is 1. The summed E-state index contributed by atoms with van der Waals surface area (Å²) < 4.78 is 0. The molecule has 1 atom stereocenters. The molecule has 1 aliphatic heterocycles. The second-order valence-electron chi connectivity index (χ2n) is 4.65. The van der Waals surface area contributed by atoms with Crippen molar-refractivity contribution in [3.8, 4) is 0 Å². The molecule has 5 nitrogen and oxygen atoms in total. The molecule has 0 bridgehead atoms. The number of rotatable bonds is 2. The Kier molecular flexibility index (Phi) is 3.95. The Balaban J connectivity index is 2.26. The summed E-state index contributed by atoms with van der Waals surface area (Å²) in [4.78, 5) is 25.3. The Labute approximate surface area is 116 Å². The van der Waals surface area contributed by atoms with Crippen LogP contribution in [0.2, 0.25) is 5.02 Å². The summed E-state index contributed by atoms with van der Waals surface area (Å²) in [6.07, 6.45) is 2.39. The van der Waals surface area contributed by atoms with E-state index in [0.717, 1.165) is 12.8 Å². The molecule has 1 aromatic carbocycles. The van der Waals surface area contributed by atoms with Crippen LogP contribution in [-0.4, -0.2) is 29.3 Å². The number of hydrogen-bond acceptors (Lipinski definition) is 3. The Morgan fingerprint density at radius 1 is 1.32 bits per heavy atom. The molecule has 1 aliphatic rings. The molecular weight excluding hydrogens is 266 g/mol. The number of primary amides is 1. The molecule has 1 heterocycles. The summed E-state index contributed by atoms with van der Waals surface area (Å²) in [6, 6.07) is 4.18. The van der Waals surface area contributed by atoms with Gasteiger partial charge in [-0.25, -0.2) is 0 Å². The van der Waals surface area contributed by atoms with Crippen LogP contribution >= 0.6 is 11.6 Å². The van der Waals surface area contributed by atoms with Gasteiger partial charge < -0.3 is 16.4 Å². The average Bonchev–Trinajstić information content (AvgIpc) is 2.41. The number of hydrogen-bond donors (Lipinski definition) is 2. The second-order valence-corrected chi connectivity index (χ2v) is 5.06. The molecule has 0 radical (unpaired) electrons. The number of piperidine rings is 1. The van der Waals surface area contributed by atoms with Gasteiger partial charge in [-0.1, -0.05) is 11.6 Å². The fraction of sp³-hybridized carbons (Fsp3) is 0.385. The highest BCUT2D eigenvalue weighted by atomic mass is 35.5. The first-order chi connectivity index (χ1) is 9.00. The molecule has 1 saturated heterocycles. The SMILES string of the molecule is NC(=O)C1CCCCN1C(=O)c1ccc(N)c(Cl)c1. The van der Waals surface area contributed by atoms with Gasteiger partial charge in [-0.2, -0.15) is 0 Å². The average molecular weight is 282 g/mol. The van der Waals surface area contributed by atoms with Crippen LogP contribution in [0, 0.1) is 0 Å². The minimum absolute atomic E-state index is 0.231. The van der Waals surface area contributed by atoms with Crippen LogP contribution in [0.3, 0.4) is 0 Å². The largest absolute Gasteiger partial charge is 0.398 e. The van der Waals surface area contributed by atoms with Crippen LogP contribution in [0.15, 0.2) is 18.2 Å². The van der Waals surface area contributed by atoms with Crippen molar-refractivity contribution in [2.45, 2.75) is 25.3 Å². The number of nitrogen functional groups attached to an aromatic ring is 1. The maximum atomic E-state index is 12.4. The van der Waals surface area contributed by atoms with E-state index in [0.29, 0.717) is 29.2 Å². The highest BCUT2D eigenvalue weighted by Gasteiger charge is 2.31. The Bertz CT molecular complexity index is 519. The van der Waals surface area contributed by atoms with Crippen LogP contribution in [0.5, 0.6) is 0 Å². The summed E-state index contributed by atoms with van der Waals surface area (Å²) in [6.45, 7) is 0.536. The van der Waals surface area contributed by atoms with Gasteiger partial charge in [-0.15, -0.1) is 0 Å². The standard InChI is InChI=1S/C13H16ClN3O2/c14-9-7-8(4-5-10(9)15)13(19)17-6-2-1-3-11(17)12(16)18/h4-5,7,11H,1-3,6,15H2,(H2,16,18). The maximum absolute atomic E-state index is 12.4. The van der Waals surface area contributed by atoms with E-state index in [2.05, 4.69) is 0 Å². The first-order valence-electron chi connectivity index (χ1n) is 6.16. The van der Waals surface area contributed by atoms with E-state index in [-0.39, 0.29) is 5.91 Å². The van der Waals surface area contributed by atoms with Crippen molar-refractivity contribution in [3.63, 3.8) is 0 Å². The number of halogens is 1. The number of anilines is 1. The van der Waals surface area contributed by atoms with E-state index >= 15 is 0 Å². The van der Waals surface area contributed by atoms with Crippen molar-refractivity contribution in [1.29, 1.82) is 0 Å². The van der Waals surface area contributed by atoms with Crippen LogP contribution in [0.4, 0.5) is 5.69 Å². The van der Waals surface area contributed by atoms with Crippen molar-refractivity contribution in [1.82, 2.24) is 4.90 Å².